The summed E-state index contributed by atoms with van der Waals surface area (Å²) in [7, 11) is 0. The normalized spacial score (nSPS) is 11.0. The molecule has 0 atom stereocenters. The van der Waals surface area contributed by atoms with Crippen LogP contribution >= 0.6 is 0 Å². The van der Waals surface area contributed by atoms with Gasteiger partial charge in [-0.25, -0.2) is 14.4 Å². The van der Waals surface area contributed by atoms with Gasteiger partial charge in [0.2, 0.25) is 0 Å². The number of aromatic amines is 1. The van der Waals surface area contributed by atoms with Crippen molar-refractivity contribution in [2.24, 2.45) is 5.92 Å². The van der Waals surface area contributed by atoms with E-state index in [1.165, 1.54) is 18.2 Å². The van der Waals surface area contributed by atoms with Crippen molar-refractivity contribution in [2.45, 2.75) is 20.4 Å². The molecule has 0 amide bonds. The molecule has 0 bridgehead atoms. The van der Waals surface area contributed by atoms with Gasteiger partial charge in [-0.1, -0.05) is 13.8 Å². The minimum Gasteiger partial charge on any atom is -0.311 e. The topological polar surface area (TPSA) is 70.7 Å². The average Bonchev–Trinajstić information content (AvgIpc) is 2.38. The zero-order valence-electron chi connectivity index (χ0n) is 11.5. The van der Waals surface area contributed by atoms with Crippen LogP contribution in [0.2, 0.25) is 0 Å². The maximum atomic E-state index is 12.8. The molecule has 0 saturated carbocycles. The maximum absolute atomic E-state index is 12.8. The largest absolute Gasteiger partial charge is 0.311 e. The number of H-pyrrole nitrogens is 1. The Bertz CT molecular complexity index is 622. The van der Waals surface area contributed by atoms with E-state index in [0.717, 1.165) is 12.7 Å². The van der Waals surface area contributed by atoms with Crippen molar-refractivity contribution in [3.8, 4) is 11.5 Å². The first-order valence-corrected chi connectivity index (χ1v) is 6.47. The van der Waals surface area contributed by atoms with Crippen LogP contribution in [-0.2, 0) is 6.54 Å². The van der Waals surface area contributed by atoms with Crippen molar-refractivity contribution < 1.29 is 4.39 Å². The lowest BCUT2D eigenvalue weighted by Gasteiger charge is -2.07. The molecule has 20 heavy (non-hydrogen) atoms. The number of halogens is 1. The second kappa shape index (κ2) is 6.38. The van der Waals surface area contributed by atoms with E-state index in [4.69, 9.17) is 0 Å². The minimum absolute atomic E-state index is 0.248. The lowest BCUT2D eigenvalue weighted by molar-refractivity contribution is 0.548. The summed E-state index contributed by atoms with van der Waals surface area (Å²) in [6.45, 7) is 5.56. The third kappa shape index (κ3) is 3.96. The second-order valence-electron chi connectivity index (χ2n) is 4.97. The molecule has 2 aromatic heterocycles. The molecule has 0 aliphatic rings. The van der Waals surface area contributed by atoms with Gasteiger partial charge in [-0.05, 0) is 24.6 Å². The van der Waals surface area contributed by atoms with E-state index in [0.29, 0.717) is 29.7 Å². The number of nitrogens with one attached hydrogen (secondary N) is 2. The third-order valence-corrected chi connectivity index (χ3v) is 2.62. The van der Waals surface area contributed by atoms with Crippen molar-refractivity contribution in [1.82, 2.24) is 20.3 Å². The van der Waals surface area contributed by atoms with E-state index < -0.39 is 5.82 Å². The molecule has 0 radical (unpaired) electrons. The Morgan fingerprint density at radius 3 is 2.85 bits per heavy atom. The van der Waals surface area contributed by atoms with E-state index in [1.54, 1.807) is 0 Å². The summed E-state index contributed by atoms with van der Waals surface area (Å²) >= 11 is 0. The number of nitrogens with zero attached hydrogens (tertiary/aromatic N) is 2. The van der Waals surface area contributed by atoms with Crippen LogP contribution in [0.4, 0.5) is 4.39 Å². The minimum atomic E-state index is -0.425. The molecule has 0 spiro atoms. The highest BCUT2D eigenvalue weighted by molar-refractivity contribution is 5.48. The predicted octanol–water partition coefficient (Wildman–Crippen LogP) is 1.72. The molecule has 0 aromatic carbocycles. The SMILES string of the molecule is CC(C)CNCc1cc(=O)[nH]c(-c2ccc(F)cn2)n1. The van der Waals surface area contributed by atoms with Crippen LogP contribution in [0.25, 0.3) is 11.5 Å². The van der Waals surface area contributed by atoms with Crippen molar-refractivity contribution in [3.05, 3.63) is 46.3 Å². The smallest absolute Gasteiger partial charge is 0.251 e. The van der Waals surface area contributed by atoms with Crippen molar-refractivity contribution >= 4 is 0 Å². The van der Waals surface area contributed by atoms with Crippen molar-refractivity contribution in [3.63, 3.8) is 0 Å². The summed E-state index contributed by atoms with van der Waals surface area (Å²) in [6.07, 6.45) is 1.10. The maximum Gasteiger partial charge on any atom is 0.251 e. The van der Waals surface area contributed by atoms with Gasteiger partial charge in [0.1, 0.15) is 11.5 Å². The number of hydrogen-bond acceptors (Lipinski definition) is 4. The first-order chi connectivity index (χ1) is 9.54. The molecule has 0 aliphatic heterocycles. The zero-order chi connectivity index (χ0) is 14.5. The van der Waals surface area contributed by atoms with Gasteiger partial charge in [-0.15, -0.1) is 0 Å². The molecular weight excluding hydrogens is 259 g/mol. The van der Waals surface area contributed by atoms with E-state index in [2.05, 4.69) is 34.1 Å². The van der Waals surface area contributed by atoms with E-state index in [-0.39, 0.29) is 5.56 Å². The quantitative estimate of drug-likeness (QED) is 0.872. The molecule has 0 unspecified atom stereocenters. The van der Waals surface area contributed by atoms with Crippen LogP contribution in [-0.4, -0.2) is 21.5 Å². The first-order valence-electron chi connectivity index (χ1n) is 6.47. The van der Waals surface area contributed by atoms with Gasteiger partial charge in [0.25, 0.3) is 5.56 Å². The van der Waals surface area contributed by atoms with Crippen LogP contribution in [0, 0.1) is 11.7 Å². The Hall–Kier alpha value is -2.08. The van der Waals surface area contributed by atoms with Crippen LogP contribution in [0.5, 0.6) is 0 Å². The summed E-state index contributed by atoms with van der Waals surface area (Å²) < 4.78 is 12.8. The summed E-state index contributed by atoms with van der Waals surface area (Å²) in [5.41, 5.74) is 0.826. The summed E-state index contributed by atoms with van der Waals surface area (Å²) in [6, 6.07) is 4.21. The Kier molecular flexibility index (Phi) is 4.57. The molecule has 6 heteroatoms. The fraction of sp³-hybridized carbons (Fsp3) is 0.357. The monoisotopic (exact) mass is 276 g/mol. The van der Waals surface area contributed by atoms with Gasteiger partial charge in [-0.3, -0.25) is 4.79 Å². The van der Waals surface area contributed by atoms with E-state index in [9.17, 15) is 9.18 Å². The molecule has 2 heterocycles. The van der Waals surface area contributed by atoms with Gasteiger partial charge in [0.05, 0.1) is 11.9 Å². The lowest BCUT2D eigenvalue weighted by atomic mass is 10.2. The molecule has 2 N–H and O–H groups in total. The highest BCUT2D eigenvalue weighted by Gasteiger charge is 2.06. The number of hydrogen-bond donors (Lipinski definition) is 2. The molecule has 106 valence electrons. The summed E-state index contributed by atoms with van der Waals surface area (Å²) in [5.74, 6) is 0.444. The Balaban J connectivity index is 2.20. The van der Waals surface area contributed by atoms with Crippen LogP contribution < -0.4 is 10.9 Å². The highest BCUT2D eigenvalue weighted by Crippen LogP contribution is 2.10. The number of pyridine rings is 1. The van der Waals surface area contributed by atoms with Crippen LogP contribution in [0.15, 0.2) is 29.2 Å². The molecule has 5 nitrogen and oxygen atoms in total. The van der Waals surface area contributed by atoms with Gasteiger partial charge < -0.3 is 10.3 Å². The fourth-order valence-electron chi connectivity index (χ4n) is 1.72. The van der Waals surface area contributed by atoms with E-state index in [1.807, 2.05) is 0 Å². The molecule has 0 aliphatic carbocycles. The van der Waals surface area contributed by atoms with Gasteiger partial charge >= 0.3 is 0 Å². The van der Waals surface area contributed by atoms with Crippen molar-refractivity contribution in [2.75, 3.05) is 6.54 Å². The molecule has 2 aromatic rings. The number of rotatable bonds is 5. The van der Waals surface area contributed by atoms with E-state index >= 15 is 0 Å². The van der Waals surface area contributed by atoms with Gasteiger partial charge in [-0.2, -0.15) is 0 Å². The first kappa shape index (κ1) is 14.3. The molecule has 2 rings (SSSR count). The van der Waals surface area contributed by atoms with Crippen LogP contribution in [0.3, 0.4) is 0 Å². The zero-order valence-corrected chi connectivity index (χ0v) is 11.5. The second-order valence-corrected chi connectivity index (χ2v) is 4.97. The Morgan fingerprint density at radius 2 is 2.20 bits per heavy atom. The predicted molar refractivity (Wildman–Crippen MR) is 74.6 cm³/mol. The lowest BCUT2D eigenvalue weighted by Crippen LogP contribution is -2.21. The Labute approximate surface area is 116 Å². The van der Waals surface area contributed by atoms with Crippen LogP contribution in [0.1, 0.15) is 19.5 Å². The summed E-state index contributed by atoms with van der Waals surface area (Å²) in [4.78, 5) is 22.5. The molecule has 0 fully saturated rings. The summed E-state index contributed by atoms with van der Waals surface area (Å²) in [5, 5.41) is 3.22. The average molecular weight is 276 g/mol. The Morgan fingerprint density at radius 1 is 1.40 bits per heavy atom. The highest BCUT2D eigenvalue weighted by atomic mass is 19.1. The number of aromatic nitrogens is 3. The van der Waals surface area contributed by atoms with Gasteiger partial charge in [0, 0.05) is 12.6 Å². The molecular formula is C14H17FN4O. The van der Waals surface area contributed by atoms with Gasteiger partial charge in [0.15, 0.2) is 5.82 Å². The third-order valence-electron chi connectivity index (χ3n) is 2.62. The fourth-order valence-corrected chi connectivity index (χ4v) is 1.72. The van der Waals surface area contributed by atoms with Crippen molar-refractivity contribution in [1.29, 1.82) is 0 Å². The standard InChI is InChI=1S/C14H17FN4O/c1-9(2)6-16-8-11-5-13(20)19-14(18-11)12-4-3-10(15)7-17-12/h3-5,7,9,16H,6,8H2,1-2H3,(H,18,19,20). The molecule has 0 saturated heterocycles.